The third-order valence-corrected chi connectivity index (χ3v) is 3.13. The Balaban J connectivity index is 2.00. The molecule has 0 saturated carbocycles. The molecule has 2 heterocycles. The molecule has 0 saturated heterocycles. The Kier molecular flexibility index (Phi) is 2.39. The van der Waals surface area contributed by atoms with Gasteiger partial charge in [0.15, 0.2) is 6.04 Å². The van der Waals surface area contributed by atoms with Crippen LogP contribution in [0.2, 0.25) is 0 Å². The molecule has 1 aromatic carbocycles. The van der Waals surface area contributed by atoms with Crippen molar-refractivity contribution in [1.29, 1.82) is 0 Å². The van der Waals surface area contributed by atoms with Crippen LogP contribution in [-0.2, 0) is 6.42 Å². The van der Waals surface area contributed by atoms with E-state index in [2.05, 4.69) is 5.10 Å². The van der Waals surface area contributed by atoms with Crippen molar-refractivity contribution in [1.82, 2.24) is 9.78 Å². The molecule has 0 fully saturated rings. The van der Waals surface area contributed by atoms with Gasteiger partial charge in [0.25, 0.3) is 5.82 Å². The molecule has 0 N–H and O–H groups in total. The normalized spacial score (nSPS) is 18.9. The van der Waals surface area contributed by atoms with E-state index in [1.807, 2.05) is 30.3 Å². The molecule has 1 aromatic heterocycles. The third-order valence-electron chi connectivity index (χ3n) is 3.13. The van der Waals surface area contributed by atoms with E-state index in [-0.39, 0.29) is 6.42 Å². The summed E-state index contributed by atoms with van der Waals surface area (Å²) < 4.78 is 41.1. The van der Waals surface area contributed by atoms with Gasteiger partial charge in [-0.25, -0.2) is 4.57 Å². The standard InChI is InChI=1S/C12H11F3N3/c13-12(14,15)10-6-7-11-16-18(8-17(10)11)9-4-2-1-3-5-9/h1-5,8,10H,6-7H2/q+1/t10-/m0/s1. The average molecular weight is 254 g/mol. The average Bonchev–Trinajstić information content (AvgIpc) is 2.87. The summed E-state index contributed by atoms with van der Waals surface area (Å²) in [5.41, 5.74) is 0.764. The first kappa shape index (κ1) is 11.3. The molecule has 0 amide bonds. The molecule has 3 rings (SSSR count). The number of benzene rings is 1. The quantitative estimate of drug-likeness (QED) is 0.715. The van der Waals surface area contributed by atoms with Crippen LogP contribution in [0.25, 0.3) is 5.69 Å². The van der Waals surface area contributed by atoms with Gasteiger partial charge < -0.3 is 0 Å². The number of nitrogens with zero attached hydrogens (tertiary/aromatic N) is 3. The third kappa shape index (κ3) is 1.77. The highest BCUT2D eigenvalue weighted by molar-refractivity contribution is 5.28. The number of hydrogen-bond acceptors (Lipinski definition) is 1. The molecule has 1 aliphatic rings. The fourth-order valence-electron chi connectivity index (χ4n) is 2.26. The van der Waals surface area contributed by atoms with E-state index < -0.39 is 12.2 Å². The van der Waals surface area contributed by atoms with Gasteiger partial charge in [0, 0.05) is 17.9 Å². The van der Waals surface area contributed by atoms with E-state index in [1.165, 1.54) is 15.6 Å². The van der Waals surface area contributed by atoms with E-state index in [0.717, 1.165) is 5.69 Å². The van der Waals surface area contributed by atoms with Gasteiger partial charge in [0.2, 0.25) is 6.33 Å². The van der Waals surface area contributed by atoms with Gasteiger partial charge in [-0.05, 0) is 12.1 Å². The predicted molar refractivity (Wildman–Crippen MR) is 57.2 cm³/mol. The molecule has 0 spiro atoms. The second-order valence-corrected chi connectivity index (χ2v) is 4.32. The van der Waals surface area contributed by atoms with Crippen molar-refractivity contribution in [3.05, 3.63) is 42.5 Å². The molecule has 1 atom stereocenters. The van der Waals surface area contributed by atoms with Crippen LogP contribution in [0.15, 0.2) is 36.7 Å². The number of fused-ring (bicyclic) bond motifs is 1. The fraction of sp³-hybridized carbons (Fsp3) is 0.333. The summed E-state index contributed by atoms with van der Waals surface area (Å²) in [6.07, 6.45) is -2.33. The van der Waals surface area contributed by atoms with E-state index in [0.29, 0.717) is 12.2 Å². The van der Waals surface area contributed by atoms with Crippen LogP contribution in [0.3, 0.4) is 0 Å². The summed E-state index contributed by atoms with van der Waals surface area (Å²) in [5.74, 6) is 0.487. The number of rotatable bonds is 1. The molecule has 18 heavy (non-hydrogen) atoms. The van der Waals surface area contributed by atoms with Crippen molar-refractivity contribution >= 4 is 0 Å². The number of hydrogen-bond donors (Lipinski definition) is 0. The van der Waals surface area contributed by atoms with Crippen molar-refractivity contribution in [2.75, 3.05) is 0 Å². The summed E-state index contributed by atoms with van der Waals surface area (Å²) in [4.78, 5) is 0. The van der Waals surface area contributed by atoms with E-state index in [4.69, 9.17) is 0 Å². The topological polar surface area (TPSA) is 21.7 Å². The van der Waals surface area contributed by atoms with Crippen LogP contribution in [0.4, 0.5) is 13.2 Å². The molecule has 1 aliphatic heterocycles. The van der Waals surface area contributed by atoms with Crippen molar-refractivity contribution in [2.24, 2.45) is 0 Å². The highest BCUT2D eigenvalue weighted by Crippen LogP contribution is 2.33. The number of para-hydroxylation sites is 1. The van der Waals surface area contributed by atoms with Crippen LogP contribution < -0.4 is 4.57 Å². The maximum absolute atomic E-state index is 12.8. The zero-order valence-electron chi connectivity index (χ0n) is 9.43. The Morgan fingerprint density at radius 3 is 2.61 bits per heavy atom. The molecule has 0 bridgehead atoms. The fourth-order valence-corrected chi connectivity index (χ4v) is 2.26. The summed E-state index contributed by atoms with van der Waals surface area (Å²) in [7, 11) is 0. The predicted octanol–water partition coefficient (Wildman–Crippen LogP) is 2.21. The Morgan fingerprint density at radius 1 is 1.22 bits per heavy atom. The highest BCUT2D eigenvalue weighted by Gasteiger charge is 2.49. The number of aromatic nitrogens is 3. The smallest absolute Gasteiger partial charge is 0.222 e. The van der Waals surface area contributed by atoms with Gasteiger partial charge in [-0.1, -0.05) is 22.9 Å². The minimum atomic E-state index is -4.21. The molecular weight excluding hydrogens is 243 g/mol. The molecule has 94 valence electrons. The SMILES string of the molecule is FC(F)(F)[C@@H]1CCc2nn(-c3ccccc3)c[n+]21. The molecule has 6 heteroatoms. The Hall–Kier alpha value is -1.85. The van der Waals surface area contributed by atoms with Crippen LogP contribution in [0.5, 0.6) is 0 Å². The van der Waals surface area contributed by atoms with Gasteiger partial charge in [-0.3, -0.25) is 0 Å². The summed E-state index contributed by atoms with van der Waals surface area (Å²) in [5, 5.41) is 4.20. The first-order chi connectivity index (χ1) is 8.55. The lowest BCUT2D eigenvalue weighted by Crippen LogP contribution is -2.44. The second-order valence-electron chi connectivity index (χ2n) is 4.32. The van der Waals surface area contributed by atoms with E-state index in [9.17, 15) is 13.2 Å². The Morgan fingerprint density at radius 2 is 1.94 bits per heavy atom. The largest absolute Gasteiger partial charge is 0.422 e. The monoisotopic (exact) mass is 254 g/mol. The molecule has 3 nitrogen and oxygen atoms in total. The lowest BCUT2D eigenvalue weighted by atomic mass is 10.2. The lowest BCUT2D eigenvalue weighted by molar-refractivity contribution is -0.740. The molecule has 0 aliphatic carbocycles. The van der Waals surface area contributed by atoms with E-state index in [1.54, 1.807) is 0 Å². The zero-order valence-corrected chi connectivity index (χ0v) is 9.43. The number of alkyl halides is 3. The minimum Gasteiger partial charge on any atom is -0.222 e. The lowest BCUT2D eigenvalue weighted by Gasteiger charge is -2.12. The van der Waals surface area contributed by atoms with Gasteiger partial charge >= 0.3 is 6.18 Å². The number of halogens is 3. The first-order valence-electron chi connectivity index (χ1n) is 5.67. The summed E-state index contributed by atoms with van der Waals surface area (Å²) in [6, 6.07) is 7.69. The van der Waals surface area contributed by atoms with Crippen molar-refractivity contribution < 1.29 is 17.7 Å². The second kappa shape index (κ2) is 3.83. The summed E-state index contributed by atoms with van der Waals surface area (Å²) >= 11 is 0. The molecule has 0 unspecified atom stereocenters. The van der Waals surface area contributed by atoms with Crippen LogP contribution in [0.1, 0.15) is 18.3 Å². The van der Waals surface area contributed by atoms with Crippen molar-refractivity contribution in [2.45, 2.75) is 25.1 Å². The minimum absolute atomic E-state index is 0.0848. The van der Waals surface area contributed by atoms with Gasteiger partial charge in [0.05, 0.1) is 0 Å². The van der Waals surface area contributed by atoms with Crippen molar-refractivity contribution in [3.63, 3.8) is 0 Å². The zero-order chi connectivity index (χ0) is 12.8. The molecule has 0 radical (unpaired) electrons. The highest BCUT2D eigenvalue weighted by atomic mass is 19.4. The molecule has 2 aromatic rings. The Bertz CT molecular complexity index is 560. The Labute approximate surface area is 101 Å². The molecular formula is C12H11F3N3+. The maximum Gasteiger partial charge on any atom is 0.422 e. The van der Waals surface area contributed by atoms with Gasteiger partial charge in [-0.15, -0.1) is 0 Å². The maximum atomic E-state index is 12.8. The first-order valence-corrected chi connectivity index (χ1v) is 5.67. The van der Waals surface area contributed by atoms with Crippen molar-refractivity contribution in [3.8, 4) is 5.69 Å². The van der Waals surface area contributed by atoms with Gasteiger partial charge in [0.1, 0.15) is 5.69 Å². The van der Waals surface area contributed by atoms with Gasteiger partial charge in [-0.2, -0.15) is 13.2 Å². The van der Waals surface area contributed by atoms with E-state index >= 15 is 0 Å². The van der Waals surface area contributed by atoms with Crippen LogP contribution in [-0.4, -0.2) is 16.0 Å². The summed E-state index contributed by atoms with van der Waals surface area (Å²) in [6.45, 7) is 0. The number of aryl methyl sites for hydroxylation is 1. The van der Waals surface area contributed by atoms with Crippen LogP contribution in [0, 0.1) is 0 Å². The van der Waals surface area contributed by atoms with Crippen LogP contribution >= 0.6 is 0 Å².